The number of nitrogens with zero attached hydrogens (tertiary/aromatic N) is 3. The lowest BCUT2D eigenvalue weighted by molar-refractivity contribution is -0.113. The molecule has 0 aromatic carbocycles. The van der Waals surface area contributed by atoms with Crippen LogP contribution >= 0.6 is 0 Å². The van der Waals surface area contributed by atoms with Crippen LogP contribution in [-0.2, 0) is 11.2 Å². The SMILES string of the molecule is C=CC(=O)C/C=C(\C)c1nc(C2CCCCCCCC2)c2c(n1)C1CC(C)CN1CC(C)C2. The van der Waals surface area contributed by atoms with E-state index in [0.717, 1.165) is 24.4 Å². The summed E-state index contributed by atoms with van der Waals surface area (Å²) >= 11 is 0. The summed E-state index contributed by atoms with van der Waals surface area (Å²) in [4.78, 5) is 25.1. The van der Waals surface area contributed by atoms with Crippen LogP contribution in [0.25, 0.3) is 5.57 Å². The van der Waals surface area contributed by atoms with Gasteiger partial charge in [-0.2, -0.15) is 0 Å². The van der Waals surface area contributed by atoms with Gasteiger partial charge in [0.05, 0.1) is 17.4 Å². The maximum absolute atomic E-state index is 11.9. The molecule has 1 aliphatic carbocycles. The highest BCUT2D eigenvalue weighted by molar-refractivity contribution is 5.91. The van der Waals surface area contributed by atoms with Crippen molar-refractivity contribution in [2.24, 2.45) is 11.8 Å². The fourth-order valence-corrected chi connectivity index (χ4v) is 6.28. The molecule has 1 saturated carbocycles. The van der Waals surface area contributed by atoms with Crippen LogP contribution in [0.3, 0.4) is 0 Å². The molecule has 4 nitrogen and oxygen atoms in total. The summed E-state index contributed by atoms with van der Waals surface area (Å²) in [6, 6.07) is 0.416. The van der Waals surface area contributed by atoms with Crippen molar-refractivity contribution in [3.63, 3.8) is 0 Å². The van der Waals surface area contributed by atoms with Crippen molar-refractivity contribution < 1.29 is 4.79 Å². The monoisotopic (exact) mass is 449 g/mol. The topological polar surface area (TPSA) is 46.1 Å². The quantitative estimate of drug-likeness (QED) is 0.463. The van der Waals surface area contributed by atoms with E-state index >= 15 is 0 Å². The van der Waals surface area contributed by atoms with Crippen LogP contribution in [0.1, 0.15) is 120 Å². The summed E-state index contributed by atoms with van der Waals surface area (Å²) in [6.45, 7) is 12.8. The average molecular weight is 450 g/mol. The minimum atomic E-state index is 0.0465. The third-order valence-electron chi connectivity index (χ3n) is 8.03. The first-order valence-corrected chi connectivity index (χ1v) is 13.4. The van der Waals surface area contributed by atoms with E-state index in [2.05, 4.69) is 32.3 Å². The Morgan fingerprint density at radius 3 is 2.33 bits per heavy atom. The van der Waals surface area contributed by atoms with Crippen molar-refractivity contribution in [1.82, 2.24) is 14.9 Å². The second kappa shape index (κ2) is 11.1. The van der Waals surface area contributed by atoms with Crippen LogP contribution in [0.4, 0.5) is 0 Å². The molecule has 33 heavy (non-hydrogen) atoms. The van der Waals surface area contributed by atoms with Crippen molar-refractivity contribution in [1.29, 1.82) is 0 Å². The van der Waals surface area contributed by atoms with Gasteiger partial charge in [0, 0.05) is 25.4 Å². The van der Waals surface area contributed by atoms with Gasteiger partial charge in [-0.3, -0.25) is 9.69 Å². The number of carbonyl (C=O) groups is 1. The zero-order valence-electron chi connectivity index (χ0n) is 21.1. The Balaban J connectivity index is 1.79. The lowest BCUT2D eigenvalue weighted by Gasteiger charge is -2.25. The van der Waals surface area contributed by atoms with E-state index in [9.17, 15) is 4.79 Å². The van der Waals surface area contributed by atoms with E-state index in [1.54, 1.807) is 0 Å². The van der Waals surface area contributed by atoms with Crippen molar-refractivity contribution in [2.75, 3.05) is 13.1 Å². The molecule has 3 aliphatic rings. The van der Waals surface area contributed by atoms with Crippen LogP contribution in [-0.4, -0.2) is 33.7 Å². The van der Waals surface area contributed by atoms with Gasteiger partial charge in [-0.1, -0.05) is 65.0 Å². The van der Waals surface area contributed by atoms with Gasteiger partial charge in [0.2, 0.25) is 0 Å². The minimum absolute atomic E-state index is 0.0465. The summed E-state index contributed by atoms with van der Waals surface area (Å²) in [5.41, 5.74) is 5.12. The molecule has 2 fully saturated rings. The second-order valence-corrected chi connectivity index (χ2v) is 11.1. The van der Waals surface area contributed by atoms with Gasteiger partial charge in [0.25, 0.3) is 0 Å². The van der Waals surface area contributed by atoms with Gasteiger partial charge < -0.3 is 0 Å². The number of rotatable bonds is 5. The molecular formula is C29H43N3O. The first-order chi connectivity index (χ1) is 16.0. The van der Waals surface area contributed by atoms with E-state index in [-0.39, 0.29) is 5.78 Å². The van der Waals surface area contributed by atoms with Crippen LogP contribution in [0, 0.1) is 11.8 Å². The summed E-state index contributed by atoms with van der Waals surface area (Å²) < 4.78 is 0. The molecule has 1 aromatic heterocycles. The number of fused-ring (bicyclic) bond motifs is 3. The minimum Gasteiger partial charge on any atom is -0.295 e. The first kappa shape index (κ1) is 24.3. The summed E-state index contributed by atoms with van der Waals surface area (Å²) in [6.07, 6.45) is 16.6. The number of ketones is 1. The molecule has 3 heterocycles. The van der Waals surface area contributed by atoms with Crippen LogP contribution in [0.2, 0.25) is 0 Å². The molecule has 2 aliphatic heterocycles. The average Bonchev–Trinajstić information content (AvgIpc) is 3.17. The summed E-state index contributed by atoms with van der Waals surface area (Å²) in [7, 11) is 0. The Morgan fingerprint density at radius 2 is 1.64 bits per heavy atom. The van der Waals surface area contributed by atoms with Crippen molar-refractivity contribution >= 4 is 11.4 Å². The highest BCUT2D eigenvalue weighted by atomic mass is 16.1. The Hall–Kier alpha value is -1.81. The van der Waals surface area contributed by atoms with E-state index in [0.29, 0.717) is 30.2 Å². The van der Waals surface area contributed by atoms with E-state index in [1.807, 2.05) is 6.08 Å². The Labute approximate surface area is 201 Å². The first-order valence-electron chi connectivity index (χ1n) is 13.4. The van der Waals surface area contributed by atoms with Gasteiger partial charge >= 0.3 is 0 Å². The molecule has 0 radical (unpaired) electrons. The predicted octanol–water partition coefficient (Wildman–Crippen LogP) is 6.82. The molecule has 3 unspecified atom stereocenters. The standard InChI is InChI=1S/C29H43N3O/c1-5-24(33)15-14-22(4)29-30-27(23-12-10-8-6-7-9-11-13-23)25-16-20(2)18-32-19-21(3)17-26(32)28(25)31-29/h5,14,20-21,23,26H,1,6-13,15-19H2,2-4H3/b22-14+. The van der Waals surface area contributed by atoms with Crippen LogP contribution < -0.4 is 0 Å². The molecule has 0 bridgehead atoms. The molecule has 180 valence electrons. The van der Waals surface area contributed by atoms with E-state index in [1.165, 1.54) is 87.4 Å². The lowest BCUT2D eigenvalue weighted by atomic mass is 9.86. The summed E-state index contributed by atoms with van der Waals surface area (Å²) in [5, 5.41) is 0. The Bertz CT molecular complexity index is 879. The second-order valence-electron chi connectivity index (χ2n) is 11.1. The van der Waals surface area contributed by atoms with Gasteiger partial charge in [-0.05, 0) is 61.7 Å². The van der Waals surface area contributed by atoms with Crippen LogP contribution in [0.5, 0.6) is 0 Å². The zero-order chi connectivity index (χ0) is 23.4. The maximum Gasteiger partial charge on any atom is 0.158 e. The normalized spacial score (nSPS) is 27.6. The molecule has 4 heteroatoms. The fourth-order valence-electron chi connectivity index (χ4n) is 6.28. The van der Waals surface area contributed by atoms with Gasteiger partial charge in [0.1, 0.15) is 0 Å². The summed E-state index contributed by atoms with van der Waals surface area (Å²) in [5.74, 6) is 2.77. The maximum atomic E-state index is 11.9. The Kier molecular flexibility index (Phi) is 8.16. The highest BCUT2D eigenvalue weighted by Crippen LogP contribution is 2.43. The predicted molar refractivity (Wildman–Crippen MR) is 136 cm³/mol. The molecule has 1 aromatic rings. The van der Waals surface area contributed by atoms with Gasteiger partial charge in [-0.15, -0.1) is 0 Å². The smallest absolute Gasteiger partial charge is 0.158 e. The molecule has 1 saturated heterocycles. The number of hydrogen-bond donors (Lipinski definition) is 0. The van der Waals surface area contributed by atoms with Crippen molar-refractivity contribution in [3.8, 4) is 0 Å². The zero-order valence-corrected chi connectivity index (χ0v) is 21.1. The van der Waals surface area contributed by atoms with Gasteiger partial charge in [0.15, 0.2) is 11.6 Å². The van der Waals surface area contributed by atoms with Crippen molar-refractivity contribution in [2.45, 2.75) is 103 Å². The van der Waals surface area contributed by atoms with E-state index in [4.69, 9.17) is 9.97 Å². The largest absolute Gasteiger partial charge is 0.295 e. The van der Waals surface area contributed by atoms with E-state index < -0.39 is 0 Å². The lowest BCUT2D eigenvalue weighted by Crippen LogP contribution is -2.27. The fraction of sp³-hybridized carbons (Fsp3) is 0.690. The number of aromatic nitrogens is 2. The number of hydrogen-bond acceptors (Lipinski definition) is 4. The Morgan fingerprint density at radius 1 is 1.00 bits per heavy atom. The third kappa shape index (κ3) is 5.82. The molecular weight excluding hydrogens is 406 g/mol. The number of carbonyl (C=O) groups excluding carboxylic acids is 1. The molecule has 3 atom stereocenters. The highest BCUT2D eigenvalue weighted by Gasteiger charge is 2.38. The molecule has 0 amide bonds. The van der Waals surface area contributed by atoms with Crippen LogP contribution in [0.15, 0.2) is 18.7 Å². The molecule has 4 rings (SSSR count). The third-order valence-corrected chi connectivity index (χ3v) is 8.03. The van der Waals surface area contributed by atoms with Crippen molar-refractivity contribution in [3.05, 3.63) is 41.5 Å². The number of allylic oxidation sites excluding steroid dienone is 3. The molecule has 0 N–H and O–H groups in total. The molecule has 0 spiro atoms. The van der Waals surface area contributed by atoms with Gasteiger partial charge in [-0.25, -0.2) is 9.97 Å².